The lowest BCUT2D eigenvalue weighted by Crippen LogP contribution is -2.32. The average Bonchev–Trinajstić information content (AvgIpc) is 3.41. The molecule has 0 atom stereocenters. The van der Waals surface area contributed by atoms with Gasteiger partial charge < -0.3 is 15.4 Å². The Morgan fingerprint density at radius 2 is 1.86 bits per heavy atom. The number of hydrogen-bond acceptors (Lipinski definition) is 6. The number of fused-ring (bicyclic) bond motifs is 1. The predicted octanol–water partition coefficient (Wildman–Crippen LogP) is 2.91. The standard InChI is InChI=1S/C16H19N5O2.C5H10/c1-21(9-14(17)22)16-11-4-3-5-12(11)19-15(20-16)13-8-10(23-2)6-7-18-13;1-2-4-5-3-1/h6-8H,3-5,9H2,1-2H3,(H2,17,22);1-5H2. The van der Waals surface area contributed by atoms with Crippen molar-refractivity contribution in [3.05, 3.63) is 29.6 Å². The van der Waals surface area contributed by atoms with Crippen LogP contribution >= 0.6 is 0 Å². The number of likely N-dealkylation sites (N-methyl/N-ethyl adjacent to an activating group) is 1. The Morgan fingerprint density at radius 3 is 2.50 bits per heavy atom. The fourth-order valence-electron chi connectivity index (χ4n) is 3.70. The van der Waals surface area contributed by atoms with Crippen LogP contribution in [0.3, 0.4) is 0 Å². The van der Waals surface area contributed by atoms with Gasteiger partial charge in [0.05, 0.1) is 13.7 Å². The lowest BCUT2D eigenvalue weighted by molar-refractivity contribution is -0.116. The number of nitrogens with zero attached hydrogens (tertiary/aromatic N) is 4. The van der Waals surface area contributed by atoms with Gasteiger partial charge in [-0.1, -0.05) is 32.1 Å². The van der Waals surface area contributed by atoms with E-state index in [4.69, 9.17) is 10.5 Å². The van der Waals surface area contributed by atoms with Crippen LogP contribution in [0.4, 0.5) is 5.82 Å². The highest BCUT2D eigenvalue weighted by Crippen LogP contribution is 2.31. The van der Waals surface area contributed by atoms with Crippen molar-refractivity contribution in [3.63, 3.8) is 0 Å². The second-order valence-corrected chi connectivity index (χ2v) is 7.32. The van der Waals surface area contributed by atoms with Gasteiger partial charge in [0.25, 0.3) is 0 Å². The molecule has 0 spiro atoms. The van der Waals surface area contributed by atoms with E-state index in [2.05, 4.69) is 15.0 Å². The molecule has 2 aromatic rings. The number of nitrogens with two attached hydrogens (primary N) is 1. The van der Waals surface area contributed by atoms with Crippen LogP contribution in [0, 0.1) is 0 Å². The monoisotopic (exact) mass is 383 g/mol. The van der Waals surface area contributed by atoms with Crippen molar-refractivity contribution in [2.75, 3.05) is 25.6 Å². The average molecular weight is 383 g/mol. The first-order valence-corrected chi connectivity index (χ1v) is 9.98. The maximum Gasteiger partial charge on any atom is 0.236 e. The fraction of sp³-hybridized carbons (Fsp3) is 0.524. The summed E-state index contributed by atoms with van der Waals surface area (Å²) < 4.78 is 5.23. The topological polar surface area (TPSA) is 94.2 Å². The van der Waals surface area contributed by atoms with E-state index < -0.39 is 0 Å². The van der Waals surface area contributed by atoms with Crippen molar-refractivity contribution in [1.82, 2.24) is 15.0 Å². The van der Waals surface area contributed by atoms with Crippen LogP contribution in [0.2, 0.25) is 0 Å². The summed E-state index contributed by atoms with van der Waals surface area (Å²) in [7, 11) is 3.42. The largest absolute Gasteiger partial charge is 0.497 e. The SMILES string of the molecule is C1CCCC1.COc1ccnc(-c2nc3c(c(N(C)CC(N)=O)n2)CCC3)c1. The summed E-state index contributed by atoms with van der Waals surface area (Å²) in [4.78, 5) is 26.6. The maximum atomic E-state index is 11.2. The second-order valence-electron chi connectivity index (χ2n) is 7.32. The number of pyridine rings is 1. The molecule has 2 N–H and O–H groups in total. The first-order valence-electron chi connectivity index (χ1n) is 9.98. The van der Waals surface area contributed by atoms with E-state index in [-0.39, 0.29) is 12.5 Å². The van der Waals surface area contributed by atoms with E-state index in [1.165, 1.54) is 32.1 Å². The molecule has 7 heteroatoms. The fourth-order valence-corrected chi connectivity index (χ4v) is 3.70. The van der Waals surface area contributed by atoms with Crippen LogP contribution in [-0.2, 0) is 17.6 Å². The number of anilines is 1. The number of rotatable bonds is 5. The minimum absolute atomic E-state index is 0.119. The molecule has 0 saturated heterocycles. The third-order valence-corrected chi connectivity index (χ3v) is 5.11. The zero-order valence-corrected chi connectivity index (χ0v) is 16.8. The van der Waals surface area contributed by atoms with Crippen molar-refractivity contribution in [2.45, 2.75) is 51.4 Å². The van der Waals surface area contributed by atoms with E-state index in [1.807, 2.05) is 7.05 Å². The predicted molar refractivity (Wildman–Crippen MR) is 109 cm³/mol. The molecule has 2 aromatic heterocycles. The normalized spacial score (nSPS) is 14.8. The Balaban J connectivity index is 0.000000391. The zero-order valence-electron chi connectivity index (χ0n) is 16.8. The van der Waals surface area contributed by atoms with Crippen molar-refractivity contribution in [2.24, 2.45) is 5.73 Å². The van der Waals surface area contributed by atoms with Gasteiger partial charge in [-0.25, -0.2) is 9.97 Å². The Morgan fingerprint density at radius 1 is 1.14 bits per heavy atom. The molecule has 0 aliphatic heterocycles. The molecule has 0 radical (unpaired) electrons. The van der Waals surface area contributed by atoms with Crippen LogP contribution in [0.5, 0.6) is 5.75 Å². The molecule has 28 heavy (non-hydrogen) atoms. The third-order valence-electron chi connectivity index (χ3n) is 5.11. The van der Waals surface area contributed by atoms with Crippen LogP contribution < -0.4 is 15.4 Å². The summed E-state index contributed by atoms with van der Waals surface area (Å²) >= 11 is 0. The molecule has 0 unspecified atom stereocenters. The van der Waals surface area contributed by atoms with Crippen LogP contribution in [-0.4, -0.2) is 41.6 Å². The molecule has 2 aliphatic carbocycles. The van der Waals surface area contributed by atoms with E-state index in [9.17, 15) is 4.79 Å². The Bertz CT molecular complexity index is 813. The van der Waals surface area contributed by atoms with Gasteiger partial charge in [-0.3, -0.25) is 9.78 Å². The number of carbonyl (C=O) groups is 1. The summed E-state index contributed by atoms with van der Waals surface area (Å²) in [6.45, 7) is 0.119. The minimum atomic E-state index is -0.390. The Hall–Kier alpha value is -2.70. The number of amides is 1. The summed E-state index contributed by atoms with van der Waals surface area (Å²) in [5.41, 5.74) is 8.07. The van der Waals surface area contributed by atoms with Gasteiger partial charge in [-0.15, -0.1) is 0 Å². The van der Waals surface area contributed by atoms with E-state index in [0.717, 1.165) is 36.3 Å². The molecule has 150 valence electrons. The molecule has 0 bridgehead atoms. The molecule has 4 rings (SSSR count). The highest BCUT2D eigenvalue weighted by atomic mass is 16.5. The van der Waals surface area contributed by atoms with Gasteiger partial charge in [0.15, 0.2) is 5.82 Å². The van der Waals surface area contributed by atoms with Crippen LogP contribution in [0.25, 0.3) is 11.5 Å². The molecule has 7 nitrogen and oxygen atoms in total. The zero-order chi connectivity index (χ0) is 19.9. The second kappa shape index (κ2) is 9.48. The van der Waals surface area contributed by atoms with Gasteiger partial charge in [-0.05, 0) is 25.3 Å². The first-order chi connectivity index (χ1) is 13.6. The van der Waals surface area contributed by atoms with Gasteiger partial charge in [0.1, 0.15) is 17.3 Å². The van der Waals surface area contributed by atoms with E-state index >= 15 is 0 Å². The molecular formula is C21H29N5O2. The summed E-state index contributed by atoms with van der Waals surface area (Å²) in [6, 6.07) is 3.57. The number of aryl methyl sites for hydroxylation is 1. The number of carbonyl (C=O) groups excluding carboxylic acids is 1. The summed E-state index contributed by atoms with van der Waals surface area (Å²) in [6.07, 6.45) is 12.0. The highest BCUT2D eigenvalue weighted by molar-refractivity contribution is 5.79. The molecule has 2 aliphatic rings. The molecule has 1 saturated carbocycles. The quantitative estimate of drug-likeness (QED) is 0.853. The van der Waals surface area contributed by atoms with Crippen molar-refractivity contribution in [3.8, 4) is 17.3 Å². The van der Waals surface area contributed by atoms with Gasteiger partial charge in [0.2, 0.25) is 5.91 Å². The number of hydrogen-bond donors (Lipinski definition) is 1. The van der Waals surface area contributed by atoms with Crippen molar-refractivity contribution < 1.29 is 9.53 Å². The molecule has 0 aromatic carbocycles. The smallest absolute Gasteiger partial charge is 0.236 e. The van der Waals surface area contributed by atoms with Gasteiger partial charge in [-0.2, -0.15) is 0 Å². The van der Waals surface area contributed by atoms with E-state index in [0.29, 0.717) is 17.3 Å². The van der Waals surface area contributed by atoms with Gasteiger partial charge in [0, 0.05) is 30.6 Å². The Labute approximate surface area is 166 Å². The third kappa shape index (κ3) is 4.97. The van der Waals surface area contributed by atoms with Gasteiger partial charge >= 0.3 is 0 Å². The minimum Gasteiger partial charge on any atom is -0.497 e. The highest BCUT2D eigenvalue weighted by Gasteiger charge is 2.23. The maximum absolute atomic E-state index is 11.2. The number of methoxy groups -OCH3 is 1. The lowest BCUT2D eigenvalue weighted by atomic mass is 10.2. The Kier molecular flexibility index (Phi) is 6.79. The summed E-state index contributed by atoms with van der Waals surface area (Å²) in [5.74, 6) is 1.60. The molecule has 1 fully saturated rings. The van der Waals surface area contributed by atoms with Crippen molar-refractivity contribution >= 4 is 11.7 Å². The van der Waals surface area contributed by atoms with Crippen LogP contribution in [0.15, 0.2) is 18.3 Å². The van der Waals surface area contributed by atoms with Crippen LogP contribution in [0.1, 0.15) is 49.8 Å². The molecule has 1 amide bonds. The number of ether oxygens (including phenoxy) is 1. The first kappa shape index (κ1) is 20.0. The van der Waals surface area contributed by atoms with Crippen molar-refractivity contribution in [1.29, 1.82) is 0 Å². The van der Waals surface area contributed by atoms with E-state index in [1.54, 1.807) is 30.3 Å². The molecule has 2 heterocycles. The lowest BCUT2D eigenvalue weighted by Gasteiger charge is -2.20. The number of aromatic nitrogens is 3. The number of primary amides is 1. The molecular weight excluding hydrogens is 354 g/mol. The summed E-state index contributed by atoms with van der Waals surface area (Å²) in [5, 5.41) is 0.